The van der Waals surface area contributed by atoms with E-state index in [2.05, 4.69) is 30.0 Å². The summed E-state index contributed by atoms with van der Waals surface area (Å²) in [4.78, 5) is 15.0. The number of quaternary nitrogens is 2. The van der Waals surface area contributed by atoms with Crippen LogP contribution in [0.2, 0.25) is 0 Å². The first-order chi connectivity index (χ1) is 8.29. The summed E-state index contributed by atoms with van der Waals surface area (Å²) in [5, 5.41) is 0. The zero-order chi connectivity index (χ0) is 12.1. The molecule has 1 aromatic carbocycles. The number of hydrogen-bond acceptors (Lipinski definition) is 1. The quantitative estimate of drug-likeness (QED) is 0.635. The third kappa shape index (κ3) is 3.28. The number of hydrogen-bond donors (Lipinski definition) is 2. The molecular weight excluding hydrogens is 214 g/mol. The molecule has 1 fully saturated rings. The lowest BCUT2D eigenvalue weighted by Crippen LogP contribution is -3.13. The molecule has 0 bridgehead atoms. The van der Waals surface area contributed by atoms with Crippen molar-refractivity contribution in [2.75, 3.05) is 32.7 Å². The second-order valence-electron chi connectivity index (χ2n) is 4.54. The van der Waals surface area contributed by atoms with Crippen molar-refractivity contribution < 1.29 is 15.4 Å². The third-order valence-electron chi connectivity index (χ3n) is 3.33. The van der Waals surface area contributed by atoms with Crippen LogP contribution < -0.4 is 10.6 Å². The van der Waals surface area contributed by atoms with Crippen LogP contribution in [0, 0.1) is 0 Å². The first-order valence-corrected chi connectivity index (χ1v) is 6.24. The van der Waals surface area contributed by atoms with E-state index in [0.717, 1.165) is 32.7 Å². The van der Waals surface area contributed by atoms with Crippen LogP contribution in [0.1, 0.15) is 5.56 Å². The maximum atomic E-state index is 11.5. The predicted octanol–water partition coefficient (Wildman–Crippen LogP) is -1.84. The Morgan fingerprint density at radius 3 is 2.47 bits per heavy atom. The van der Waals surface area contributed by atoms with Crippen LogP contribution in [-0.2, 0) is 11.3 Å². The van der Waals surface area contributed by atoms with Crippen molar-refractivity contribution in [3.8, 4) is 0 Å². The first-order valence-electron chi connectivity index (χ1n) is 6.24. The van der Waals surface area contributed by atoms with Gasteiger partial charge in [0.25, 0.3) is 5.91 Å². The number of carbonyl (C=O) groups excluding carboxylic acids is 1. The van der Waals surface area contributed by atoms with Gasteiger partial charge >= 0.3 is 0 Å². The maximum Gasteiger partial charge on any atom is 0.278 e. The predicted molar refractivity (Wildman–Crippen MR) is 65.2 cm³/mol. The lowest BCUT2D eigenvalue weighted by atomic mass is 10.2. The number of rotatable bonds is 3. The molecule has 92 valence electrons. The molecule has 0 spiro atoms. The van der Waals surface area contributed by atoms with Gasteiger partial charge in [0.05, 0.1) is 26.2 Å². The van der Waals surface area contributed by atoms with Gasteiger partial charge in [-0.2, -0.15) is 0 Å². The average Bonchev–Trinajstić information content (AvgIpc) is 2.40. The minimum absolute atomic E-state index is 0.184. The van der Waals surface area contributed by atoms with E-state index in [1.807, 2.05) is 11.0 Å². The van der Waals surface area contributed by atoms with Crippen LogP contribution in [0.4, 0.5) is 0 Å². The molecule has 1 saturated heterocycles. The Balaban J connectivity index is 1.82. The zero-order valence-corrected chi connectivity index (χ0v) is 10.2. The largest absolute Gasteiger partial charge is 0.350 e. The molecule has 0 aliphatic carbocycles. The minimum Gasteiger partial charge on any atom is -0.350 e. The standard InChI is InChI=1S/C13H19N3O/c14-10-13(17)16-8-6-15(7-9-16)11-12-4-2-1-3-5-12/h1-5H,6-11,14H2/p+2. The summed E-state index contributed by atoms with van der Waals surface area (Å²) in [6.07, 6.45) is 0. The summed E-state index contributed by atoms with van der Waals surface area (Å²) < 4.78 is 0. The number of amides is 1. The van der Waals surface area contributed by atoms with E-state index >= 15 is 0 Å². The Kier molecular flexibility index (Phi) is 4.12. The van der Waals surface area contributed by atoms with Gasteiger partial charge in [-0.1, -0.05) is 30.3 Å². The van der Waals surface area contributed by atoms with Crippen LogP contribution in [0.5, 0.6) is 0 Å². The number of benzene rings is 1. The van der Waals surface area contributed by atoms with E-state index in [4.69, 9.17) is 0 Å². The van der Waals surface area contributed by atoms with Crippen LogP contribution in [0.3, 0.4) is 0 Å². The molecule has 1 aromatic rings. The molecule has 4 nitrogen and oxygen atoms in total. The molecule has 2 rings (SSSR count). The van der Waals surface area contributed by atoms with Gasteiger partial charge in [0.1, 0.15) is 6.54 Å². The molecule has 0 saturated carbocycles. The second kappa shape index (κ2) is 5.80. The Bertz CT molecular complexity index is 358. The molecule has 0 unspecified atom stereocenters. The fraction of sp³-hybridized carbons (Fsp3) is 0.462. The summed E-state index contributed by atoms with van der Waals surface area (Å²) >= 11 is 0. The average molecular weight is 235 g/mol. The number of piperazine rings is 1. The van der Waals surface area contributed by atoms with Gasteiger partial charge in [0, 0.05) is 5.56 Å². The summed E-state index contributed by atoms with van der Waals surface area (Å²) in [6, 6.07) is 10.5. The highest BCUT2D eigenvalue weighted by molar-refractivity contribution is 5.76. The van der Waals surface area contributed by atoms with Gasteiger partial charge in [0.15, 0.2) is 6.54 Å². The van der Waals surface area contributed by atoms with Gasteiger partial charge in [0.2, 0.25) is 0 Å². The van der Waals surface area contributed by atoms with Gasteiger partial charge in [-0.3, -0.25) is 4.79 Å². The van der Waals surface area contributed by atoms with E-state index in [1.54, 1.807) is 4.90 Å². The van der Waals surface area contributed by atoms with Crippen LogP contribution in [0.25, 0.3) is 0 Å². The molecule has 17 heavy (non-hydrogen) atoms. The smallest absolute Gasteiger partial charge is 0.278 e. The molecule has 0 atom stereocenters. The van der Waals surface area contributed by atoms with Gasteiger partial charge < -0.3 is 15.5 Å². The summed E-state index contributed by atoms with van der Waals surface area (Å²) in [7, 11) is 0. The second-order valence-corrected chi connectivity index (χ2v) is 4.54. The zero-order valence-electron chi connectivity index (χ0n) is 10.2. The van der Waals surface area contributed by atoms with E-state index in [0.29, 0.717) is 6.54 Å². The molecule has 0 radical (unpaired) electrons. The fourth-order valence-electron chi connectivity index (χ4n) is 2.29. The highest BCUT2D eigenvalue weighted by atomic mass is 16.2. The van der Waals surface area contributed by atoms with Crippen molar-refractivity contribution in [1.29, 1.82) is 0 Å². The lowest BCUT2D eigenvalue weighted by molar-refractivity contribution is -0.917. The van der Waals surface area contributed by atoms with Crippen molar-refractivity contribution in [2.24, 2.45) is 0 Å². The molecular formula is C13H21N3O+2. The van der Waals surface area contributed by atoms with Gasteiger partial charge in [-0.15, -0.1) is 0 Å². The van der Waals surface area contributed by atoms with Crippen molar-refractivity contribution in [2.45, 2.75) is 6.54 Å². The molecule has 1 aliphatic heterocycles. The highest BCUT2D eigenvalue weighted by Crippen LogP contribution is 1.96. The Morgan fingerprint density at radius 1 is 1.24 bits per heavy atom. The maximum absolute atomic E-state index is 11.5. The normalized spacial score (nSPS) is 17.1. The summed E-state index contributed by atoms with van der Waals surface area (Å²) in [5.74, 6) is 0.184. The van der Waals surface area contributed by atoms with Crippen LogP contribution in [0.15, 0.2) is 30.3 Å². The lowest BCUT2D eigenvalue weighted by Gasteiger charge is -2.31. The Morgan fingerprint density at radius 2 is 1.88 bits per heavy atom. The highest BCUT2D eigenvalue weighted by Gasteiger charge is 2.23. The molecule has 1 heterocycles. The monoisotopic (exact) mass is 235 g/mol. The summed E-state index contributed by atoms with van der Waals surface area (Å²) in [6.45, 7) is 5.27. The van der Waals surface area contributed by atoms with Crippen molar-refractivity contribution in [3.63, 3.8) is 0 Å². The van der Waals surface area contributed by atoms with Crippen molar-refractivity contribution in [1.82, 2.24) is 4.90 Å². The van der Waals surface area contributed by atoms with Crippen LogP contribution in [-0.4, -0.2) is 43.5 Å². The number of nitrogens with one attached hydrogen (secondary N) is 1. The number of carbonyl (C=O) groups is 1. The van der Waals surface area contributed by atoms with Gasteiger partial charge in [-0.25, -0.2) is 0 Å². The molecule has 4 N–H and O–H groups in total. The molecule has 4 heteroatoms. The number of nitrogens with zero attached hydrogens (tertiary/aromatic N) is 1. The van der Waals surface area contributed by atoms with E-state index in [1.165, 1.54) is 5.56 Å². The molecule has 1 amide bonds. The van der Waals surface area contributed by atoms with Crippen LogP contribution >= 0.6 is 0 Å². The fourth-order valence-corrected chi connectivity index (χ4v) is 2.29. The Hall–Kier alpha value is -1.39. The van der Waals surface area contributed by atoms with Crippen molar-refractivity contribution in [3.05, 3.63) is 35.9 Å². The van der Waals surface area contributed by atoms with Crippen molar-refractivity contribution >= 4 is 5.91 Å². The summed E-state index contributed by atoms with van der Waals surface area (Å²) in [5.41, 5.74) is 5.02. The van der Waals surface area contributed by atoms with E-state index in [-0.39, 0.29) is 5.91 Å². The molecule has 0 aromatic heterocycles. The van der Waals surface area contributed by atoms with Gasteiger partial charge in [-0.05, 0) is 0 Å². The van der Waals surface area contributed by atoms with E-state index in [9.17, 15) is 4.79 Å². The minimum atomic E-state index is 0.184. The Labute approximate surface area is 102 Å². The SMILES string of the molecule is [NH3+]CC(=O)N1CC[NH+](Cc2ccccc2)CC1. The topological polar surface area (TPSA) is 52.4 Å². The molecule has 1 aliphatic rings. The van der Waals surface area contributed by atoms with E-state index < -0.39 is 0 Å². The third-order valence-corrected chi connectivity index (χ3v) is 3.33. The first kappa shape index (κ1) is 12.1.